The first-order chi connectivity index (χ1) is 15.6. The highest BCUT2D eigenvalue weighted by Gasteiger charge is 2.18. The summed E-state index contributed by atoms with van der Waals surface area (Å²) >= 11 is 1.57. The molecule has 0 aliphatic carbocycles. The van der Waals surface area contributed by atoms with Crippen LogP contribution in [-0.2, 0) is 0 Å². The van der Waals surface area contributed by atoms with E-state index in [0.29, 0.717) is 17.2 Å². The van der Waals surface area contributed by atoms with Gasteiger partial charge in [0, 0.05) is 16.9 Å². The average molecular weight is 442 g/mol. The number of hydrogen-bond donors (Lipinski definition) is 1. The molecule has 0 radical (unpaired) electrons. The van der Waals surface area contributed by atoms with E-state index in [1.165, 1.54) is 0 Å². The lowest BCUT2D eigenvalue weighted by Gasteiger charge is -2.07. The lowest BCUT2D eigenvalue weighted by atomic mass is 10.1. The monoisotopic (exact) mass is 441 g/mol. The number of fused-ring (bicyclic) bond motifs is 1. The van der Waals surface area contributed by atoms with E-state index in [1.54, 1.807) is 53.5 Å². The topological polar surface area (TPSA) is 81.9 Å². The van der Waals surface area contributed by atoms with Crippen LogP contribution in [0.25, 0.3) is 27.3 Å². The number of methoxy groups -OCH3 is 1. The number of rotatable bonds is 5. The number of aryl methyl sites for hydroxylation is 1. The lowest BCUT2D eigenvalue weighted by molar-refractivity contribution is 0.102. The third-order valence-electron chi connectivity index (χ3n) is 5.01. The number of nitrogens with one attached hydrogen (secondary N) is 1. The second-order valence-corrected chi connectivity index (χ2v) is 8.07. The highest BCUT2D eigenvalue weighted by Crippen LogP contribution is 2.29. The van der Waals surface area contributed by atoms with Gasteiger partial charge in [0.15, 0.2) is 11.5 Å². The molecule has 0 bridgehead atoms. The predicted octanol–water partition coefficient (Wildman–Crippen LogP) is 5.11. The van der Waals surface area contributed by atoms with E-state index in [0.717, 1.165) is 32.9 Å². The van der Waals surface area contributed by atoms with Crippen LogP contribution in [0, 0.1) is 6.92 Å². The molecule has 8 heteroatoms. The van der Waals surface area contributed by atoms with Crippen molar-refractivity contribution in [2.45, 2.75) is 6.92 Å². The van der Waals surface area contributed by atoms with Crippen molar-refractivity contribution in [1.82, 2.24) is 19.7 Å². The highest BCUT2D eigenvalue weighted by atomic mass is 32.1. The zero-order valence-corrected chi connectivity index (χ0v) is 18.3. The number of pyridine rings is 1. The van der Waals surface area contributed by atoms with E-state index in [-0.39, 0.29) is 5.91 Å². The van der Waals surface area contributed by atoms with Gasteiger partial charge in [-0.1, -0.05) is 12.1 Å². The molecular formula is C24H19N5O2S. The molecule has 5 aromatic rings. The Kier molecular flexibility index (Phi) is 5.12. The van der Waals surface area contributed by atoms with Gasteiger partial charge in [-0.05, 0) is 61.5 Å². The number of aromatic nitrogens is 4. The number of carbonyl (C=O) groups excluding carboxylic acids is 1. The molecule has 0 atom stereocenters. The second kappa shape index (κ2) is 8.24. The van der Waals surface area contributed by atoms with Crippen molar-refractivity contribution in [2.24, 2.45) is 0 Å². The summed E-state index contributed by atoms with van der Waals surface area (Å²) in [5.74, 6) is 1.06. The van der Waals surface area contributed by atoms with Crippen LogP contribution in [0.1, 0.15) is 16.2 Å². The Labute approximate surface area is 188 Å². The zero-order chi connectivity index (χ0) is 22.1. The van der Waals surface area contributed by atoms with E-state index in [9.17, 15) is 4.79 Å². The normalized spacial score (nSPS) is 10.9. The van der Waals surface area contributed by atoms with E-state index >= 15 is 0 Å². The number of anilines is 1. The number of carbonyl (C=O) groups is 1. The smallest absolute Gasteiger partial charge is 0.276 e. The summed E-state index contributed by atoms with van der Waals surface area (Å²) in [6, 6.07) is 20.7. The maximum Gasteiger partial charge on any atom is 0.276 e. The second-order valence-electron chi connectivity index (χ2n) is 7.18. The quantitative estimate of drug-likeness (QED) is 0.410. The minimum Gasteiger partial charge on any atom is -0.497 e. The van der Waals surface area contributed by atoms with Gasteiger partial charge >= 0.3 is 0 Å². The summed E-state index contributed by atoms with van der Waals surface area (Å²) in [5, 5.41) is 7.49. The molecule has 2 aromatic carbocycles. The Morgan fingerprint density at radius 2 is 1.91 bits per heavy atom. The van der Waals surface area contributed by atoms with Gasteiger partial charge in [0.05, 0.1) is 28.5 Å². The van der Waals surface area contributed by atoms with Gasteiger partial charge in [-0.25, -0.2) is 14.6 Å². The summed E-state index contributed by atoms with van der Waals surface area (Å²) in [6.45, 7) is 1.92. The molecule has 0 aliphatic heterocycles. The van der Waals surface area contributed by atoms with Gasteiger partial charge in [-0.3, -0.25) is 4.79 Å². The fourth-order valence-electron chi connectivity index (χ4n) is 3.40. The molecule has 158 valence electrons. The molecule has 7 nitrogen and oxygen atoms in total. The molecule has 32 heavy (non-hydrogen) atoms. The van der Waals surface area contributed by atoms with Crippen LogP contribution in [0.4, 0.5) is 5.69 Å². The number of ether oxygens (including phenoxy) is 1. The van der Waals surface area contributed by atoms with Gasteiger partial charge in [0.1, 0.15) is 5.75 Å². The largest absolute Gasteiger partial charge is 0.497 e. The van der Waals surface area contributed by atoms with Crippen molar-refractivity contribution in [3.63, 3.8) is 0 Å². The SMILES string of the molecule is COc1ccc(NC(=O)c2cc(-c3ccc4ncsc4c3)n(-c3cccc(C)n3)n2)cc1. The van der Waals surface area contributed by atoms with Crippen LogP contribution in [0.3, 0.4) is 0 Å². The van der Waals surface area contributed by atoms with Crippen LogP contribution in [0.2, 0.25) is 0 Å². The standard InChI is InChI=1S/C24H19N5O2S/c1-15-4-3-5-23(26-15)29-21(16-6-11-19-22(12-16)32-14-25-19)13-20(28-29)24(30)27-17-7-9-18(31-2)10-8-17/h3-14H,1-2H3,(H,27,30). The number of thiazole rings is 1. The molecule has 3 heterocycles. The molecule has 0 saturated heterocycles. The third-order valence-corrected chi connectivity index (χ3v) is 5.80. The number of nitrogens with zero attached hydrogens (tertiary/aromatic N) is 4. The third kappa shape index (κ3) is 3.83. The minimum atomic E-state index is -0.304. The van der Waals surface area contributed by atoms with Gasteiger partial charge in [0.2, 0.25) is 0 Å². The van der Waals surface area contributed by atoms with Crippen molar-refractivity contribution >= 4 is 33.1 Å². The van der Waals surface area contributed by atoms with Gasteiger partial charge in [-0.2, -0.15) is 5.10 Å². The Hall–Kier alpha value is -4.04. The van der Waals surface area contributed by atoms with Crippen molar-refractivity contribution < 1.29 is 9.53 Å². The van der Waals surface area contributed by atoms with Crippen LogP contribution >= 0.6 is 11.3 Å². The molecule has 0 spiro atoms. The first-order valence-corrected chi connectivity index (χ1v) is 10.8. The predicted molar refractivity (Wildman–Crippen MR) is 126 cm³/mol. The molecular weight excluding hydrogens is 422 g/mol. The Morgan fingerprint density at radius 1 is 1.06 bits per heavy atom. The first-order valence-electron chi connectivity index (χ1n) is 9.94. The van der Waals surface area contributed by atoms with E-state index in [1.807, 2.05) is 42.8 Å². The Balaban J connectivity index is 1.56. The Morgan fingerprint density at radius 3 is 2.69 bits per heavy atom. The van der Waals surface area contributed by atoms with E-state index < -0.39 is 0 Å². The highest BCUT2D eigenvalue weighted by molar-refractivity contribution is 7.16. The fraction of sp³-hybridized carbons (Fsp3) is 0.0833. The maximum absolute atomic E-state index is 13.0. The van der Waals surface area contributed by atoms with E-state index in [4.69, 9.17) is 4.74 Å². The number of benzene rings is 2. The molecule has 0 unspecified atom stereocenters. The van der Waals surface area contributed by atoms with E-state index in [2.05, 4.69) is 26.4 Å². The van der Waals surface area contributed by atoms with Crippen LogP contribution in [-0.4, -0.2) is 32.8 Å². The molecule has 5 rings (SSSR count). The van der Waals surface area contributed by atoms with Gasteiger partial charge < -0.3 is 10.1 Å². The summed E-state index contributed by atoms with van der Waals surface area (Å²) in [5.41, 5.74) is 6.29. The molecule has 1 N–H and O–H groups in total. The molecule has 0 aliphatic rings. The van der Waals surface area contributed by atoms with Gasteiger partial charge in [-0.15, -0.1) is 11.3 Å². The van der Waals surface area contributed by atoms with Gasteiger partial charge in [0.25, 0.3) is 5.91 Å². The number of amides is 1. The van der Waals surface area contributed by atoms with Crippen molar-refractivity contribution in [3.8, 4) is 22.8 Å². The molecule has 3 aromatic heterocycles. The summed E-state index contributed by atoms with van der Waals surface area (Å²) in [7, 11) is 1.60. The summed E-state index contributed by atoms with van der Waals surface area (Å²) < 4.78 is 7.94. The zero-order valence-electron chi connectivity index (χ0n) is 17.4. The molecule has 0 saturated carbocycles. The lowest BCUT2D eigenvalue weighted by Crippen LogP contribution is -2.13. The fourth-order valence-corrected chi connectivity index (χ4v) is 4.12. The maximum atomic E-state index is 13.0. The van der Waals surface area contributed by atoms with Crippen molar-refractivity contribution in [1.29, 1.82) is 0 Å². The Bertz CT molecular complexity index is 1420. The summed E-state index contributed by atoms with van der Waals surface area (Å²) in [6.07, 6.45) is 0. The average Bonchev–Trinajstić information content (AvgIpc) is 3.46. The van der Waals surface area contributed by atoms with Crippen LogP contribution in [0.5, 0.6) is 5.75 Å². The summed E-state index contributed by atoms with van der Waals surface area (Å²) in [4.78, 5) is 21.9. The number of hydrogen-bond acceptors (Lipinski definition) is 6. The van der Waals surface area contributed by atoms with Crippen LogP contribution in [0.15, 0.2) is 72.2 Å². The van der Waals surface area contributed by atoms with Crippen molar-refractivity contribution in [2.75, 3.05) is 12.4 Å². The van der Waals surface area contributed by atoms with Crippen molar-refractivity contribution in [3.05, 3.63) is 83.6 Å². The minimum absolute atomic E-state index is 0.295. The first kappa shape index (κ1) is 19.9. The van der Waals surface area contributed by atoms with Crippen LogP contribution < -0.4 is 10.1 Å². The molecule has 0 fully saturated rings. The molecule has 1 amide bonds.